The van der Waals surface area contributed by atoms with Crippen molar-refractivity contribution < 1.29 is 14.3 Å². The Morgan fingerprint density at radius 3 is 1.54 bits per heavy atom. The van der Waals surface area contributed by atoms with Crippen LogP contribution in [0.1, 0.15) is 43.9 Å². The molecule has 35 heavy (non-hydrogen) atoms. The Hall–Kier alpha value is -2.50. The minimum Gasteiger partial charge on any atom is -0.411 e. The van der Waals surface area contributed by atoms with Crippen molar-refractivity contribution in [1.29, 1.82) is 0 Å². The fourth-order valence-corrected chi connectivity index (χ4v) is 5.40. The highest BCUT2D eigenvalue weighted by Gasteiger charge is 2.41. The first-order valence-electron chi connectivity index (χ1n) is 12.4. The van der Waals surface area contributed by atoms with Crippen LogP contribution in [0.5, 0.6) is 0 Å². The Morgan fingerprint density at radius 2 is 1.17 bits per heavy atom. The molecule has 1 atom stereocenters. The Labute approximate surface area is 212 Å². The lowest BCUT2D eigenvalue weighted by molar-refractivity contribution is -0.0330. The molecule has 0 radical (unpaired) electrons. The maximum Gasteiger partial charge on any atom is 0.192 e. The lowest BCUT2D eigenvalue weighted by Gasteiger charge is -2.41. The van der Waals surface area contributed by atoms with Crippen molar-refractivity contribution in [3.63, 3.8) is 0 Å². The molecule has 3 aromatic rings. The van der Waals surface area contributed by atoms with Crippen LogP contribution in [0.3, 0.4) is 0 Å². The number of rotatable bonds is 11. The third-order valence-electron chi connectivity index (χ3n) is 6.97. The molecule has 1 N–H and O–H groups in total. The molecule has 186 valence electrons. The van der Waals surface area contributed by atoms with E-state index in [0.29, 0.717) is 13.0 Å². The van der Waals surface area contributed by atoms with E-state index in [1.54, 1.807) is 6.08 Å². The molecule has 3 aromatic carbocycles. The van der Waals surface area contributed by atoms with Gasteiger partial charge in [0.2, 0.25) is 0 Å². The fraction of sp³-hybridized carbons (Fsp3) is 0.355. The molecule has 0 aromatic heterocycles. The molecule has 0 saturated carbocycles. The highest BCUT2D eigenvalue weighted by Crippen LogP contribution is 2.42. The Morgan fingerprint density at radius 1 is 0.743 bits per heavy atom. The minimum atomic E-state index is -2.04. The molecular weight excluding hydrogens is 448 g/mol. The molecule has 3 nitrogen and oxygen atoms in total. The number of aliphatic hydroxyl groups is 1. The highest BCUT2D eigenvalue weighted by molar-refractivity contribution is 6.74. The van der Waals surface area contributed by atoms with Crippen LogP contribution in [0.15, 0.2) is 103 Å². The number of hydrogen-bond acceptors (Lipinski definition) is 3. The van der Waals surface area contributed by atoms with Gasteiger partial charge in [-0.2, -0.15) is 0 Å². The van der Waals surface area contributed by atoms with Gasteiger partial charge in [0, 0.05) is 0 Å². The molecule has 0 fully saturated rings. The van der Waals surface area contributed by atoms with Gasteiger partial charge in [-0.15, -0.1) is 0 Å². The maximum absolute atomic E-state index is 9.30. The van der Waals surface area contributed by atoms with Gasteiger partial charge in [-0.1, -0.05) is 124 Å². The molecule has 0 aliphatic rings. The van der Waals surface area contributed by atoms with Gasteiger partial charge in [-0.05, 0) is 41.2 Å². The molecule has 3 rings (SSSR count). The zero-order chi connectivity index (χ0) is 25.4. The van der Waals surface area contributed by atoms with Crippen molar-refractivity contribution in [1.82, 2.24) is 0 Å². The van der Waals surface area contributed by atoms with Gasteiger partial charge in [0.1, 0.15) is 5.60 Å². The zero-order valence-electron chi connectivity index (χ0n) is 21.8. The third kappa shape index (κ3) is 6.59. The average molecular weight is 489 g/mol. The topological polar surface area (TPSA) is 38.7 Å². The highest BCUT2D eigenvalue weighted by atomic mass is 28.4. The second kappa shape index (κ2) is 12.0. The van der Waals surface area contributed by atoms with Crippen molar-refractivity contribution >= 4 is 8.32 Å². The Balaban J connectivity index is 2.07. The number of benzene rings is 3. The quantitative estimate of drug-likeness (QED) is 0.174. The monoisotopic (exact) mass is 488 g/mol. The van der Waals surface area contributed by atoms with Gasteiger partial charge < -0.3 is 14.3 Å². The third-order valence-corrected chi connectivity index (χ3v) is 11.5. The van der Waals surface area contributed by atoms with E-state index in [4.69, 9.17) is 9.16 Å². The average Bonchev–Trinajstić information content (AvgIpc) is 2.85. The zero-order valence-corrected chi connectivity index (χ0v) is 22.8. The first-order chi connectivity index (χ1) is 16.7. The molecular formula is C31H40O3Si. The van der Waals surface area contributed by atoms with Gasteiger partial charge in [0.25, 0.3) is 0 Å². The second-order valence-corrected chi connectivity index (χ2v) is 15.2. The molecule has 0 unspecified atom stereocenters. The van der Waals surface area contributed by atoms with Crippen molar-refractivity contribution in [3.8, 4) is 0 Å². The van der Waals surface area contributed by atoms with Gasteiger partial charge in [-0.25, -0.2) is 0 Å². The largest absolute Gasteiger partial charge is 0.411 e. The van der Waals surface area contributed by atoms with Crippen LogP contribution < -0.4 is 0 Å². The van der Waals surface area contributed by atoms with Gasteiger partial charge in [0.05, 0.1) is 19.3 Å². The first-order valence-corrected chi connectivity index (χ1v) is 15.4. The van der Waals surface area contributed by atoms with Crippen LogP contribution in [0.25, 0.3) is 0 Å². The van der Waals surface area contributed by atoms with Crippen molar-refractivity contribution in [3.05, 3.63) is 120 Å². The summed E-state index contributed by atoms with van der Waals surface area (Å²) in [5.41, 5.74) is 2.46. The molecule has 0 spiro atoms. The van der Waals surface area contributed by atoms with Crippen LogP contribution in [-0.4, -0.2) is 32.7 Å². The Bertz CT molecular complexity index is 944. The summed E-state index contributed by atoms with van der Waals surface area (Å²) in [5.74, 6) is 0. The SMILES string of the molecule is CC(C)(C)[Si](C)(C)O[C@H](C/C=C\CO)COC(c1ccccc1)(c1ccccc1)c1ccccc1. The molecule has 0 aliphatic heterocycles. The summed E-state index contributed by atoms with van der Waals surface area (Å²) in [6.07, 6.45) is 4.33. The van der Waals surface area contributed by atoms with E-state index in [0.717, 1.165) is 16.7 Å². The summed E-state index contributed by atoms with van der Waals surface area (Å²) >= 11 is 0. The van der Waals surface area contributed by atoms with Gasteiger partial charge in [0.15, 0.2) is 8.32 Å². The van der Waals surface area contributed by atoms with E-state index in [1.165, 1.54) is 0 Å². The Kier molecular flexibility index (Phi) is 9.25. The molecule has 0 bridgehead atoms. The molecule has 0 amide bonds. The number of aliphatic hydroxyl groups excluding tert-OH is 1. The van der Waals surface area contributed by atoms with Crippen LogP contribution in [0.4, 0.5) is 0 Å². The lowest BCUT2D eigenvalue weighted by Crippen LogP contribution is -2.46. The van der Waals surface area contributed by atoms with Crippen LogP contribution in [0.2, 0.25) is 18.1 Å². The van der Waals surface area contributed by atoms with E-state index in [-0.39, 0.29) is 17.7 Å². The maximum atomic E-state index is 9.30. The summed E-state index contributed by atoms with van der Waals surface area (Å²) < 4.78 is 13.9. The summed E-state index contributed by atoms with van der Waals surface area (Å²) in [6, 6.07) is 31.3. The standard InChI is InChI=1S/C31H40O3Si/c1-30(2,3)35(4,5)34-29(23-15-16-24-32)25-33-31(26-17-9-6-10-18-26,27-19-11-7-12-20-27)28-21-13-8-14-22-28/h6-22,29,32H,23-25H2,1-5H3/b16-15-/t29-/m1/s1. The molecule has 0 heterocycles. The number of ether oxygens (including phenoxy) is 1. The van der Waals surface area contributed by atoms with Crippen LogP contribution >= 0.6 is 0 Å². The summed E-state index contributed by atoms with van der Waals surface area (Å²) in [4.78, 5) is 0. The predicted molar refractivity (Wildman–Crippen MR) is 148 cm³/mol. The van der Waals surface area contributed by atoms with Crippen molar-refractivity contribution in [2.45, 2.75) is 57.0 Å². The normalized spacial score (nSPS) is 13.8. The summed E-state index contributed by atoms with van der Waals surface area (Å²) in [7, 11) is -2.04. The van der Waals surface area contributed by atoms with E-state index in [2.05, 4.69) is 107 Å². The lowest BCUT2D eigenvalue weighted by atomic mass is 9.80. The van der Waals surface area contributed by atoms with E-state index in [1.807, 2.05) is 24.3 Å². The van der Waals surface area contributed by atoms with Gasteiger partial charge >= 0.3 is 0 Å². The second-order valence-electron chi connectivity index (χ2n) is 10.5. The molecule has 4 heteroatoms. The van der Waals surface area contributed by atoms with E-state index in [9.17, 15) is 5.11 Å². The molecule has 0 saturated heterocycles. The van der Waals surface area contributed by atoms with E-state index >= 15 is 0 Å². The van der Waals surface area contributed by atoms with Crippen LogP contribution in [-0.2, 0) is 14.8 Å². The van der Waals surface area contributed by atoms with Gasteiger partial charge in [-0.3, -0.25) is 0 Å². The molecule has 0 aliphatic carbocycles. The predicted octanol–water partition coefficient (Wildman–Crippen LogP) is 7.32. The smallest absolute Gasteiger partial charge is 0.192 e. The number of hydrogen-bond donors (Lipinski definition) is 1. The van der Waals surface area contributed by atoms with Crippen LogP contribution in [0, 0.1) is 0 Å². The minimum absolute atomic E-state index is 0.0235. The fourth-order valence-electron chi connectivity index (χ4n) is 4.05. The summed E-state index contributed by atoms with van der Waals surface area (Å²) in [5, 5.41) is 9.38. The van der Waals surface area contributed by atoms with E-state index < -0.39 is 13.9 Å². The summed E-state index contributed by atoms with van der Waals surface area (Å²) in [6.45, 7) is 11.7. The van der Waals surface area contributed by atoms with Crippen molar-refractivity contribution in [2.24, 2.45) is 0 Å². The van der Waals surface area contributed by atoms with Crippen molar-refractivity contribution in [2.75, 3.05) is 13.2 Å². The first kappa shape index (κ1) is 27.1.